The monoisotopic (exact) mass is 209 g/mol. The summed E-state index contributed by atoms with van der Waals surface area (Å²) in [6, 6.07) is 0. The van der Waals surface area contributed by atoms with Crippen LogP contribution in [-0.2, 0) is 4.79 Å². The van der Waals surface area contributed by atoms with Gasteiger partial charge in [-0.3, -0.25) is 4.79 Å². The first kappa shape index (κ1) is 13.3. The molecular weight excluding hydrogens is 194 g/mol. The van der Waals surface area contributed by atoms with Gasteiger partial charge in [-0.05, 0) is 0 Å². The van der Waals surface area contributed by atoms with E-state index in [0.717, 1.165) is 0 Å². The number of likely N-dealkylation sites (N-methyl/N-ethyl adjacent to an activating group) is 1. The second-order valence-electron chi connectivity index (χ2n) is 2.79. The highest BCUT2D eigenvalue weighted by Gasteiger charge is 2.33. The fourth-order valence-electron chi connectivity index (χ4n) is 0.825. The van der Waals surface area contributed by atoms with Crippen molar-refractivity contribution in [2.75, 3.05) is 13.7 Å². The number of hydrogen-bond donors (Lipinski definition) is 6. The van der Waals surface area contributed by atoms with Gasteiger partial charge < -0.3 is 30.8 Å². The van der Waals surface area contributed by atoms with Crippen LogP contribution in [0.15, 0.2) is 0 Å². The molecule has 0 aromatic carbocycles. The van der Waals surface area contributed by atoms with Crippen LogP contribution in [0.4, 0.5) is 0 Å². The van der Waals surface area contributed by atoms with Crippen LogP contribution in [0.1, 0.15) is 0 Å². The predicted octanol–water partition coefficient (Wildman–Crippen LogP) is -3.83. The number of hydrogen-bond acceptors (Lipinski definition) is 6. The zero-order chi connectivity index (χ0) is 11.3. The molecule has 0 aromatic rings. The van der Waals surface area contributed by atoms with Crippen LogP contribution in [0.5, 0.6) is 0 Å². The molecule has 7 nitrogen and oxygen atoms in total. The minimum absolute atomic E-state index is 0.779. The second-order valence-corrected chi connectivity index (χ2v) is 2.79. The molecule has 4 atom stereocenters. The third-order valence-electron chi connectivity index (χ3n) is 1.77. The zero-order valence-corrected chi connectivity index (χ0v) is 7.66. The Morgan fingerprint density at radius 1 is 1.21 bits per heavy atom. The van der Waals surface area contributed by atoms with Gasteiger partial charge in [0.1, 0.15) is 18.3 Å². The number of aliphatic hydroxyl groups is 5. The van der Waals surface area contributed by atoms with Gasteiger partial charge in [-0.2, -0.15) is 0 Å². The van der Waals surface area contributed by atoms with Gasteiger partial charge in [-0.25, -0.2) is 0 Å². The van der Waals surface area contributed by atoms with Crippen molar-refractivity contribution in [1.29, 1.82) is 0 Å². The Balaban J connectivity index is 4.30. The standard InChI is InChI=1S/C7H15NO6/c1-8-7(14)6(13)5(12)4(11)3(10)2-9/h3-6,9-13H,2H2,1H3,(H,8,14)/t3-,4-,5+,6-/m0/s1. The van der Waals surface area contributed by atoms with Crippen LogP contribution in [0, 0.1) is 0 Å². The van der Waals surface area contributed by atoms with E-state index in [9.17, 15) is 4.79 Å². The Labute approximate surface area is 80.6 Å². The largest absolute Gasteiger partial charge is 0.394 e. The predicted molar refractivity (Wildman–Crippen MR) is 45.2 cm³/mol. The maximum Gasteiger partial charge on any atom is 0.251 e. The molecular formula is C7H15NO6. The summed E-state index contributed by atoms with van der Waals surface area (Å²) in [6.45, 7) is -0.779. The molecule has 0 saturated carbocycles. The van der Waals surface area contributed by atoms with Crippen LogP contribution >= 0.6 is 0 Å². The molecule has 0 aliphatic carbocycles. The molecule has 1 amide bonds. The highest BCUT2D eigenvalue weighted by molar-refractivity contribution is 5.80. The van der Waals surface area contributed by atoms with E-state index < -0.39 is 36.9 Å². The molecule has 0 fully saturated rings. The number of carbonyl (C=O) groups is 1. The number of nitrogens with one attached hydrogen (secondary N) is 1. The molecule has 84 valence electrons. The molecule has 0 bridgehead atoms. The Morgan fingerprint density at radius 3 is 2.07 bits per heavy atom. The molecule has 0 heterocycles. The van der Waals surface area contributed by atoms with Crippen molar-refractivity contribution in [3.63, 3.8) is 0 Å². The quantitative estimate of drug-likeness (QED) is 0.275. The SMILES string of the molecule is CNC(=O)[C@@H](O)[C@H](O)[C@@H](O)[C@@H](O)CO. The minimum atomic E-state index is -1.85. The Bertz CT molecular complexity index is 187. The molecule has 0 spiro atoms. The van der Waals surface area contributed by atoms with Crippen LogP contribution in [0.2, 0.25) is 0 Å². The van der Waals surface area contributed by atoms with Crippen molar-refractivity contribution in [2.45, 2.75) is 24.4 Å². The molecule has 0 aliphatic rings. The summed E-state index contributed by atoms with van der Waals surface area (Å²) in [4.78, 5) is 10.8. The molecule has 0 radical (unpaired) electrons. The summed E-state index contributed by atoms with van der Waals surface area (Å²) in [6.07, 6.45) is -7.09. The summed E-state index contributed by atoms with van der Waals surface area (Å²) in [5, 5.41) is 46.7. The first-order valence-electron chi connectivity index (χ1n) is 4.00. The molecule has 7 heteroatoms. The first-order chi connectivity index (χ1) is 6.45. The highest BCUT2D eigenvalue weighted by Crippen LogP contribution is 2.04. The van der Waals surface area contributed by atoms with E-state index in [2.05, 4.69) is 5.32 Å². The summed E-state index contributed by atoms with van der Waals surface area (Å²) >= 11 is 0. The van der Waals surface area contributed by atoms with Crippen LogP contribution in [0.3, 0.4) is 0 Å². The van der Waals surface area contributed by atoms with Crippen molar-refractivity contribution in [2.24, 2.45) is 0 Å². The van der Waals surface area contributed by atoms with Gasteiger partial charge in [0.25, 0.3) is 5.91 Å². The van der Waals surface area contributed by atoms with Crippen LogP contribution < -0.4 is 5.32 Å². The number of rotatable bonds is 5. The Hall–Kier alpha value is -0.730. The third kappa shape index (κ3) is 3.20. The molecule has 0 rings (SSSR count). The summed E-state index contributed by atoms with van der Waals surface area (Å²) in [7, 11) is 1.24. The normalized spacial score (nSPS) is 19.6. The van der Waals surface area contributed by atoms with Gasteiger partial charge in [0.05, 0.1) is 6.61 Å². The summed E-state index contributed by atoms with van der Waals surface area (Å²) in [5.41, 5.74) is 0. The molecule has 6 N–H and O–H groups in total. The fourth-order valence-corrected chi connectivity index (χ4v) is 0.825. The lowest BCUT2D eigenvalue weighted by molar-refractivity contribution is -0.148. The third-order valence-corrected chi connectivity index (χ3v) is 1.77. The van der Waals surface area contributed by atoms with Crippen molar-refractivity contribution < 1.29 is 30.3 Å². The lowest BCUT2D eigenvalue weighted by Gasteiger charge is -2.24. The van der Waals surface area contributed by atoms with Crippen molar-refractivity contribution in [3.05, 3.63) is 0 Å². The van der Waals surface area contributed by atoms with Crippen molar-refractivity contribution in [1.82, 2.24) is 5.32 Å². The fraction of sp³-hybridized carbons (Fsp3) is 0.857. The smallest absolute Gasteiger partial charge is 0.251 e. The molecule has 0 aliphatic heterocycles. The topological polar surface area (TPSA) is 130 Å². The molecule has 0 aromatic heterocycles. The Kier molecular flexibility index (Phi) is 5.58. The molecule has 14 heavy (non-hydrogen) atoms. The van der Waals surface area contributed by atoms with Gasteiger partial charge in [-0.1, -0.05) is 0 Å². The average molecular weight is 209 g/mol. The van der Waals surface area contributed by atoms with Crippen molar-refractivity contribution in [3.8, 4) is 0 Å². The lowest BCUT2D eigenvalue weighted by atomic mass is 10.0. The van der Waals surface area contributed by atoms with Crippen LogP contribution in [0.25, 0.3) is 0 Å². The zero-order valence-electron chi connectivity index (χ0n) is 7.66. The van der Waals surface area contributed by atoms with Gasteiger partial charge in [-0.15, -0.1) is 0 Å². The van der Waals surface area contributed by atoms with Gasteiger partial charge in [0.15, 0.2) is 6.10 Å². The van der Waals surface area contributed by atoms with E-state index in [-0.39, 0.29) is 0 Å². The lowest BCUT2D eigenvalue weighted by Crippen LogP contribution is -2.51. The number of amides is 1. The molecule has 0 unspecified atom stereocenters. The van der Waals surface area contributed by atoms with Gasteiger partial charge in [0, 0.05) is 7.05 Å². The second kappa shape index (κ2) is 5.89. The van der Waals surface area contributed by atoms with E-state index >= 15 is 0 Å². The van der Waals surface area contributed by atoms with Crippen LogP contribution in [-0.4, -0.2) is 69.5 Å². The number of carbonyl (C=O) groups excluding carboxylic acids is 1. The van der Waals surface area contributed by atoms with E-state index in [0.29, 0.717) is 0 Å². The van der Waals surface area contributed by atoms with Gasteiger partial charge >= 0.3 is 0 Å². The maximum absolute atomic E-state index is 10.8. The summed E-state index contributed by atoms with van der Waals surface area (Å²) < 4.78 is 0. The first-order valence-corrected chi connectivity index (χ1v) is 4.00. The van der Waals surface area contributed by atoms with Gasteiger partial charge in [0.2, 0.25) is 0 Å². The van der Waals surface area contributed by atoms with E-state index in [4.69, 9.17) is 25.5 Å². The minimum Gasteiger partial charge on any atom is -0.394 e. The number of aliphatic hydroxyl groups excluding tert-OH is 5. The maximum atomic E-state index is 10.8. The molecule has 0 saturated heterocycles. The van der Waals surface area contributed by atoms with E-state index in [1.54, 1.807) is 0 Å². The highest BCUT2D eigenvalue weighted by atomic mass is 16.4. The van der Waals surface area contributed by atoms with E-state index in [1.165, 1.54) is 7.05 Å². The van der Waals surface area contributed by atoms with Crippen molar-refractivity contribution >= 4 is 5.91 Å². The summed E-state index contributed by atoms with van der Waals surface area (Å²) in [5.74, 6) is -0.887. The average Bonchev–Trinajstić information content (AvgIpc) is 2.23. The van der Waals surface area contributed by atoms with E-state index in [1.807, 2.05) is 0 Å². The Morgan fingerprint density at radius 2 is 1.71 bits per heavy atom.